The fourth-order valence-electron chi connectivity index (χ4n) is 5.11. The van der Waals surface area contributed by atoms with Crippen LogP contribution in [0, 0.1) is 5.82 Å². The molecule has 0 N–H and O–H groups in total. The van der Waals surface area contributed by atoms with E-state index in [1.54, 1.807) is 29.1 Å². The first-order valence-electron chi connectivity index (χ1n) is 11.5. The highest BCUT2D eigenvalue weighted by Crippen LogP contribution is 2.29. The second-order valence-electron chi connectivity index (χ2n) is 8.92. The molecule has 1 saturated heterocycles. The topological polar surface area (TPSA) is 58.4 Å². The van der Waals surface area contributed by atoms with Crippen LogP contribution in [0.25, 0.3) is 16.6 Å². The number of carbonyl (C=O) groups is 2. The SMILES string of the molecule is O=C(c1ccc2c(cnn2-c2cccc(F)c2)c1)N1CCC(N2Cc3ccccc3C2=O)CC1. The van der Waals surface area contributed by atoms with Gasteiger partial charge in [0.25, 0.3) is 11.8 Å². The minimum Gasteiger partial charge on any atom is -0.338 e. The summed E-state index contributed by atoms with van der Waals surface area (Å²) in [6.07, 6.45) is 3.23. The predicted molar refractivity (Wildman–Crippen MR) is 126 cm³/mol. The molecule has 3 heterocycles. The maximum Gasteiger partial charge on any atom is 0.254 e. The van der Waals surface area contributed by atoms with E-state index in [1.165, 1.54) is 12.1 Å². The third-order valence-electron chi connectivity index (χ3n) is 6.91. The number of fused-ring (bicyclic) bond motifs is 2. The lowest BCUT2D eigenvalue weighted by Crippen LogP contribution is -2.46. The minimum absolute atomic E-state index is 0.0186. The van der Waals surface area contributed by atoms with Gasteiger partial charge in [0.05, 0.1) is 17.4 Å². The molecule has 170 valence electrons. The first-order valence-corrected chi connectivity index (χ1v) is 11.5. The molecule has 3 aromatic carbocycles. The fourth-order valence-corrected chi connectivity index (χ4v) is 5.11. The largest absolute Gasteiger partial charge is 0.338 e. The lowest BCUT2D eigenvalue weighted by molar-refractivity contribution is 0.0535. The number of aromatic nitrogens is 2. The molecule has 7 heteroatoms. The summed E-state index contributed by atoms with van der Waals surface area (Å²) in [4.78, 5) is 29.8. The third-order valence-corrected chi connectivity index (χ3v) is 6.91. The molecule has 0 atom stereocenters. The molecule has 0 bridgehead atoms. The molecular weight excluding hydrogens is 431 g/mol. The van der Waals surface area contributed by atoms with Crippen molar-refractivity contribution in [2.75, 3.05) is 13.1 Å². The maximum absolute atomic E-state index is 13.6. The summed E-state index contributed by atoms with van der Waals surface area (Å²) >= 11 is 0. The van der Waals surface area contributed by atoms with Crippen molar-refractivity contribution < 1.29 is 14.0 Å². The van der Waals surface area contributed by atoms with Crippen LogP contribution in [0.5, 0.6) is 0 Å². The van der Waals surface area contributed by atoms with Gasteiger partial charge in [-0.05, 0) is 60.9 Å². The highest BCUT2D eigenvalue weighted by Gasteiger charge is 2.35. The number of hydrogen-bond acceptors (Lipinski definition) is 3. The fraction of sp³-hybridized carbons (Fsp3) is 0.222. The molecule has 4 aromatic rings. The average molecular weight is 455 g/mol. The van der Waals surface area contributed by atoms with E-state index in [2.05, 4.69) is 5.10 Å². The Hall–Kier alpha value is -4.00. The van der Waals surface area contributed by atoms with E-state index < -0.39 is 0 Å². The zero-order valence-electron chi connectivity index (χ0n) is 18.5. The van der Waals surface area contributed by atoms with Crippen molar-refractivity contribution in [2.24, 2.45) is 0 Å². The molecule has 0 unspecified atom stereocenters. The van der Waals surface area contributed by atoms with Crippen LogP contribution in [-0.2, 0) is 6.54 Å². The summed E-state index contributed by atoms with van der Waals surface area (Å²) in [5.74, 6) is -0.244. The van der Waals surface area contributed by atoms with Crippen LogP contribution in [0.4, 0.5) is 4.39 Å². The Bertz CT molecular complexity index is 1420. The van der Waals surface area contributed by atoms with Gasteiger partial charge in [0.1, 0.15) is 5.82 Å². The van der Waals surface area contributed by atoms with Gasteiger partial charge in [-0.2, -0.15) is 5.10 Å². The molecule has 0 spiro atoms. The van der Waals surface area contributed by atoms with Gasteiger partial charge in [-0.3, -0.25) is 9.59 Å². The Morgan fingerprint density at radius 2 is 1.79 bits per heavy atom. The van der Waals surface area contributed by atoms with Gasteiger partial charge >= 0.3 is 0 Å². The van der Waals surface area contributed by atoms with Crippen LogP contribution in [0.1, 0.15) is 39.1 Å². The second-order valence-corrected chi connectivity index (χ2v) is 8.92. The molecular formula is C27H23FN4O2. The van der Waals surface area contributed by atoms with E-state index in [-0.39, 0.29) is 23.7 Å². The molecule has 0 saturated carbocycles. The summed E-state index contributed by atoms with van der Waals surface area (Å²) in [7, 11) is 0. The van der Waals surface area contributed by atoms with Gasteiger partial charge < -0.3 is 9.80 Å². The molecule has 34 heavy (non-hydrogen) atoms. The summed E-state index contributed by atoms with van der Waals surface area (Å²) in [5, 5.41) is 5.21. The molecule has 0 aliphatic carbocycles. The van der Waals surface area contributed by atoms with Crippen molar-refractivity contribution in [1.82, 2.24) is 19.6 Å². The molecule has 6 rings (SSSR count). The molecule has 2 aliphatic rings. The van der Waals surface area contributed by atoms with Gasteiger partial charge in [-0.1, -0.05) is 24.3 Å². The summed E-state index contributed by atoms with van der Waals surface area (Å²) in [6.45, 7) is 1.88. The molecule has 1 fully saturated rings. The van der Waals surface area contributed by atoms with E-state index in [4.69, 9.17) is 0 Å². The Labute approximate surface area is 196 Å². The third kappa shape index (κ3) is 3.44. The van der Waals surface area contributed by atoms with Crippen LogP contribution in [0.2, 0.25) is 0 Å². The summed E-state index contributed by atoms with van der Waals surface area (Å²) in [6, 6.07) is 19.7. The first-order chi connectivity index (χ1) is 16.6. The number of amides is 2. The number of carbonyl (C=O) groups excluding carboxylic acids is 2. The van der Waals surface area contributed by atoms with Crippen LogP contribution in [0.3, 0.4) is 0 Å². The second kappa shape index (κ2) is 8.09. The predicted octanol–water partition coefficient (Wildman–Crippen LogP) is 4.43. The summed E-state index contributed by atoms with van der Waals surface area (Å²) in [5.41, 5.74) is 3.93. The first kappa shape index (κ1) is 20.6. The van der Waals surface area contributed by atoms with Gasteiger partial charge in [0, 0.05) is 42.2 Å². The Balaban J connectivity index is 1.15. The van der Waals surface area contributed by atoms with E-state index >= 15 is 0 Å². The minimum atomic E-state index is -0.323. The van der Waals surface area contributed by atoms with Gasteiger partial charge in [-0.15, -0.1) is 0 Å². The van der Waals surface area contributed by atoms with Crippen LogP contribution < -0.4 is 0 Å². The lowest BCUT2D eigenvalue weighted by Gasteiger charge is -2.36. The van der Waals surface area contributed by atoms with Crippen LogP contribution in [0.15, 0.2) is 72.9 Å². The Morgan fingerprint density at radius 3 is 2.59 bits per heavy atom. The number of benzene rings is 3. The van der Waals surface area contributed by atoms with E-state index in [0.29, 0.717) is 30.9 Å². The van der Waals surface area contributed by atoms with E-state index in [9.17, 15) is 14.0 Å². The number of halogens is 1. The van der Waals surface area contributed by atoms with Gasteiger partial charge in [-0.25, -0.2) is 9.07 Å². The maximum atomic E-state index is 13.6. The lowest BCUT2D eigenvalue weighted by atomic mass is 10.0. The van der Waals surface area contributed by atoms with Gasteiger partial charge in [0.2, 0.25) is 0 Å². The number of hydrogen-bond donors (Lipinski definition) is 0. The van der Waals surface area contributed by atoms with Crippen LogP contribution >= 0.6 is 0 Å². The average Bonchev–Trinajstić information content (AvgIpc) is 3.45. The zero-order chi connectivity index (χ0) is 23.2. The molecule has 0 radical (unpaired) electrons. The van der Waals surface area contributed by atoms with Crippen molar-refractivity contribution in [3.63, 3.8) is 0 Å². The van der Waals surface area contributed by atoms with Crippen LogP contribution in [-0.4, -0.2) is 50.5 Å². The molecule has 1 aromatic heterocycles. The van der Waals surface area contributed by atoms with Crippen molar-refractivity contribution in [3.8, 4) is 5.69 Å². The molecule has 2 amide bonds. The molecule has 2 aliphatic heterocycles. The monoisotopic (exact) mass is 454 g/mol. The van der Waals surface area contributed by atoms with Crippen molar-refractivity contribution >= 4 is 22.7 Å². The Kier molecular flexibility index (Phi) is 4.90. The standard InChI is InChI=1S/C27H23FN4O2/c28-21-5-3-6-23(15-21)32-25-9-8-18(14-20(25)16-29-32)26(33)30-12-10-22(11-13-30)31-17-19-4-1-2-7-24(19)27(31)34/h1-9,14-16,22H,10-13,17H2. The van der Waals surface area contributed by atoms with E-state index in [1.807, 2.05) is 46.2 Å². The van der Waals surface area contributed by atoms with Crippen molar-refractivity contribution in [2.45, 2.75) is 25.4 Å². The highest BCUT2D eigenvalue weighted by molar-refractivity contribution is 5.99. The number of piperidine rings is 1. The van der Waals surface area contributed by atoms with E-state index in [0.717, 1.165) is 34.9 Å². The van der Waals surface area contributed by atoms with Crippen molar-refractivity contribution in [3.05, 3.63) is 95.4 Å². The van der Waals surface area contributed by atoms with Gasteiger partial charge in [0.15, 0.2) is 0 Å². The number of rotatable bonds is 3. The highest BCUT2D eigenvalue weighted by atomic mass is 19.1. The normalized spacial score (nSPS) is 16.3. The number of nitrogens with zero attached hydrogens (tertiary/aromatic N) is 4. The smallest absolute Gasteiger partial charge is 0.254 e. The number of likely N-dealkylation sites (tertiary alicyclic amines) is 1. The quantitative estimate of drug-likeness (QED) is 0.460. The summed E-state index contributed by atoms with van der Waals surface area (Å²) < 4.78 is 15.3. The molecule has 6 nitrogen and oxygen atoms in total. The zero-order valence-corrected chi connectivity index (χ0v) is 18.5. The van der Waals surface area contributed by atoms with Crippen molar-refractivity contribution in [1.29, 1.82) is 0 Å². The Morgan fingerprint density at radius 1 is 0.971 bits per heavy atom.